The molecule has 12 nitrogen and oxygen atoms in total. The van der Waals surface area contributed by atoms with Gasteiger partial charge in [-0.2, -0.15) is 25.3 Å². The van der Waals surface area contributed by atoms with Crippen molar-refractivity contribution in [3.05, 3.63) is 0 Å². The molecule has 0 aromatic rings. The summed E-state index contributed by atoms with van der Waals surface area (Å²) in [5.74, 6) is 2.07. The first-order valence-electron chi connectivity index (χ1n) is 18.2. The first-order chi connectivity index (χ1) is 22.8. The van der Waals surface area contributed by atoms with E-state index in [1.807, 2.05) is 0 Å². The number of fused-ring (bicyclic) bond motifs is 5. The summed E-state index contributed by atoms with van der Waals surface area (Å²) < 4.78 is 104. The van der Waals surface area contributed by atoms with E-state index >= 15 is 0 Å². The molecule has 0 aromatic heterocycles. The predicted octanol–water partition coefficient (Wildman–Crippen LogP) is 4.78. The fourth-order valence-corrected chi connectivity index (χ4v) is 11.6. The third-order valence-electron chi connectivity index (χ3n) is 12.6. The predicted molar refractivity (Wildman–Crippen MR) is 186 cm³/mol. The molecule has 0 bridgehead atoms. The van der Waals surface area contributed by atoms with Crippen LogP contribution in [0.5, 0.6) is 0 Å². The molecule has 0 N–H and O–H groups in total. The molecule has 0 spiro atoms. The average Bonchev–Trinajstić information content (AvgIpc) is 3.35. The van der Waals surface area contributed by atoms with Gasteiger partial charge < -0.3 is 14.2 Å². The third-order valence-corrected chi connectivity index (χ3v) is 14.4. The van der Waals surface area contributed by atoms with Gasteiger partial charge in [0.15, 0.2) is 0 Å². The summed E-state index contributed by atoms with van der Waals surface area (Å²) >= 11 is 0. The molecule has 4 rings (SSSR count). The minimum atomic E-state index is -3.59. The van der Waals surface area contributed by atoms with E-state index in [2.05, 4.69) is 27.7 Å². The van der Waals surface area contributed by atoms with Gasteiger partial charge in [-0.15, -0.1) is 0 Å². The number of ether oxygens (including phenoxy) is 3. The van der Waals surface area contributed by atoms with Gasteiger partial charge in [0.2, 0.25) is 0 Å². The Balaban J connectivity index is 1.62. The van der Waals surface area contributed by atoms with Gasteiger partial charge in [0.1, 0.15) is 0 Å². The molecule has 0 heterocycles. The number of rotatable bonds is 19. The minimum absolute atomic E-state index is 0.0188. The van der Waals surface area contributed by atoms with Crippen molar-refractivity contribution in [1.82, 2.24) is 0 Å². The van der Waals surface area contributed by atoms with E-state index in [0.29, 0.717) is 17.8 Å². The van der Waals surface area contributed by atoms with E-state index < -0.39 is 30.4 Å². The molecule has 49 heavy (non-hydrogen) atoms. The Morgan fingerprint density at radius 3 is 1.84 bits per heavy atom. The fourth-order valence-electron chi connectivity index (χ4n) is 10.5. The maximum atomic E-state index is 11.7. The molecule has 0 amide bonds. The van der Waals surface area contributed by atoms with E-state index in [4.69, 9.17) is 26.8 Å². The van der Waals surface area contributed by atoms with Gasteiger partial charge >= 0.3 is 0 Å². The Labute approximate surface area is 296 Å². The van der Waals surface area contributed by atoms with Crippen molar-refractivity contribution in [1.29, 1.82) is 0 Å². The lowest BCUT2D eigenvalue weighted by molar-refractivity contribution is -0.229. The molecular formula is C34H62O12S3. The van der Waals surface area contributed by atoms with Crippen molar-refractivity contribution in [2.24, 2.45) is 46.3 Å². The van der Waals surface area contributed by atoms with Gasteiger partial charge in [0.25, 0.3) is 30.4 Å². The summed E-state index contributed by atoms with van der Waals surface area (Å²) in [7, 11) is -10.7. The monoisotopic (exact) mass is 758 g/mol. The Bertz CT molecular complexity index is 1400. The second kappa shape index (κ2) is 16.7. The van der Waals surface area contributed by atoms with E-state index in [-0.39, 0.29) is 86.5 Å². The lowest BCUT2D eigenvalue weighted by Gasteiger charge is -2.64. The summed E-state index contributed by atoms with van der Waals surface area (Å²) in [5.41, 5.74) is -0.164. The third kappa shape index (κ3) is 10.6. The van der Waals surface area contributed by atoms with E-state index in [0.717, 1.165) is 76.6 Å². The van der Waals surface area contributed by atoms with Crippen LogP contribution in [0.15, 0.2) is 0 Å². The van der Waals surface area contributed by atoms with Gasteiger partial charge in [0, 0.05) is 5.41 Å². The molecular weight excluding hydrogens is 697 g/mol. The van der Waals surface area contributed by atoms with Crippen molar-refractivity contribution in [3.63, 3.8) is 0 Å². The normalized spacial score (nSPS) is 37.3. The first kappa shape index (κ1) is 41.4. The van der Waals surface area contributed by atoms with Crippen LogP contribution in [0.3, 0.4) is 0 Å². The maximum absolute atomic E-state index is 11.7. The molecule has 288 valence electrons. The highest BCUT2D eigenvalue weighted by Crippen LogP contribution is 2.69. The molecule has 4 fully saturated rings. The van der Waals surface area contributed by atoms with Gasteiger partial charge in [-0.3, -0.25) is 12.5 Å². The van der Waals surface area contributed by atoms with Crippen LogP contribution in [-0.2, 0) is 57.1 Å². The zero-order chi connectivity index (χ0) is 36.3. The smallest absolute Gasteiger partial charge is 0.264 e. The lowest BCUT2D eigenvalue weighted by atomic mass is 9.43. The summed E-state index contributed by atoms with van der Waals surface area (Å²) in [6.45, 7) is 9.90. The summed E-state index contributed by atoms with van der Waals surface area (Å²) in [6, 6.07) is 0. The van der Waals surface area contributed by atoms with Crippen molar-refractivity contribution < 1.29 is 52.0 Å². The quantitative estimate of drug-likeness (QED) is 0.131. The minimum Gasteiger partial charge on any atom is -0.376 e. The van der Waals surface area contributed by atoms with Gasteiger partial charge in [0.05, 0.1) is 76.7 Å². The molecule has 0 aliphatic heterocycles. The Morgan fingerprint density at radius 1 is 0.694 bits per heavy atom. The van der Waals surface area contributed by atoms with Crippen LogP contribution in [0.1, 0.15) is 91.9 Å². The summed E-state index contributed by atoms with van der Waals surface area (Å²) in [6.07, 6.45) is 12.8. The number of hydrogen-bond acceptors (Lipinski definition) is 12. The number of hydrogen-bond donors (Lipinski definition) is 0. The standard InChI is InChI=1S/C34H62O12S3/c1-8-9-10-24(2)27-11-12-28-32-29(23-31(34(27,28)4)43-17-20-46-49(7,39)40)33(3)14-13-26(41-15-18-44-47(5,35)36)21-25(33)22-30(32)42-16-19-45-48(6,37)38/h24-32H,8-23H2,1-7H3/t24-,25?,26+,27-,28+,29+,30-,31+,32?,33+,34-/m1/s1. The fraction of sp³-hybridized carbons (Fsp3) is 1.00. The number of unbranched alkanes of at least 4 members (excludes halogenated alkanes) is 1. The van der Waals surface area contributed by atoms with E-state index in [1.54, 1.807) is 0 Å². The first-order valence-corrected chi connectivity index (χ1v) is 23.6. The van der Waals surface area contributed by atoms with Crippen LogP contribution in [0, 0.1) is 46.3 Å². The largest absolute Gasteiger partial charge is 0.376 e. The van der Waals surface area contributed by atoms with Crippen LogP contribution in [0.25, 0.3) is 0 Å². The molecule has 4 aliphatic rings. The Hall–Kier alpha value is -0.390. The molecule has 11 atom stereocenters. The molecule has 4 saturated carbocycles. The zero-order valence-corrected chi connectivity index (χ0v) is 33.1. The van der Waals surface area contributed by atoms with Crippen LogP contribution in [-0.4, -0.2) is 102 Å². The molecule has 0 radical (unpaired) electrons. The second-order valence-electron chi connectivity index (χ2n) is 15.7. The highest BCUT2D eigenvalue weighted by molar-refractivity contribution is 7.86. The summed E-state index contributed by atoms with van der Waals surface area (Å²) in [4.78, 5) is 0. The molecule has 15 heteroatoms. The van der Waals surface area contributed by atoms with Gasteiger partial charge in [-0.25, -0.2) is 0 Å². The van der Waals surface area contributed by atoms with Crippen LogP contribution in [0.4, 0.5) is 0 Å². The highest BCUT2D eigenvalue weighted by atomic mass is 32.2. The van der Waals surface area contributed by atoms with Gasteiger partial charge in [-0.05, 0) is 85.9 Å². The SMILES string of the molecule is CCCC[C@@H](C)[C@H]1CC[C@H]2C3[C@H](OCCOS(C)(=O)=O)CC4C[C@@H](OCCOS(C)(=O)=O)CC[C@]4(C)[C@H]3C[C@H](OCCOS(C)(=O)=O)[C@]12C. The maximum Gasteiger partial charge on any atom is 0.264 e. The summed E-state index contributed by atoms with van der Waals surface area (Å²) in [5, 5.41) is 0. The van der Waals surface area contributed by atoms with Crippen LogP contribution >= 0.6 is 0 Å². The van der Waals surface area contributed by atoms with Crippen molar-refractivity contribution in [2.75, 3.05) is 58.4 Å². The molecule has 0 aromatic carbocycles. The Kier molecular flexibility index (Phi) is 14.1. The lowest BCUT2D eigenvalue weighted by Crippen LogP contribution is -2.63. The average molecular weight is 759 g/mol. The topological polar surface area (TPSA) is 158 Å². The Morgan fingerprint density at radius 2 is 1.27 bits per heavy atom. The van der Waals surface area contributed by atoms with Crippen molar-refractivity contribution in [3.8, 4) is 0 Å². The van der Waals surface area contributed by atoms with Crippen molar-refractivity contribution >= 4 is 30.4 Å². The van der Waals surface area contributed by atoms with Gasteiger partial charge in [-0.1, -0.05) is 47.0 Å². The molecule has 4 aliphatic carbocycles. The van der Waals surface area contributed by atoms with Crippen LogP contribution < -0.4 is 0 Å². The molecule has 2 unspecified atom stereocenters. The van der Waals surface area contributed by atoms with E-state index in [1.165, 1.54) is 6.42 Å². The highest BCUT2D eigenvalue weighted by Gasteiger charge is 2.66. The van der Waals surface area contributed by atoms with Crippen LogP contribution in [0.2, 0.25) is 0 Å². The van der Waals surface area contributed by atoms with E-state index in [9.17, 15) is 25.3 Å². The zero-order valence-electron chi connectivity index (χ0n) is 30.6. The second-order valence-corrected chi connectivity index (χ2v) is 20.7. The molecule has 0 saturated heterocycles. The van der Waals surface area contributed by atoms with Crippen molar-refractivity contribution in [2.45, 2.75) is 110 Å².